The van der Waals surface area contributed by atoms with E-state index in [-0.39, 0.29) is 11.9 Å². The Kier molecular flexibility index (Phi) is 5.13. The van der Waals surface area contributed by atoms with Gasteiger partial charge in [-0.15, -0.1) is 10.2 Å². The number of hydrogen-bond acceptors (Lipinski definition) is 7. The molecule has 134 valence electrons. The highest BCUT2D eigenvalue weighted by Crippen LogP contribution is 2.19. The summed E-state index contributed by atoms with van der Waals surface area (Å²) in [5.41, 5.74) is 0. The zero-order chi connectivity index (χ0) is 17.8. The van der Waals surface area contributed by atoms with Gasteiger partial charge >= 0.3 is 6.03 Å². The van der Waals surface area contributed by atoms with Crippen LogP contribution in [0.3, 0.4) is 0 Å². The normalized spacial score (nSPS) is 15.6. The lowest BCUT2D eigenvalue weighted by Gasteiger charge is -2.28. The van der Waals surface area contributed by atoms with Crippen molar-refractivity contribution in [2.24, 2.45) is 0 Å². The second kappa shape index (κ2) is 7.47. The molecule has 0 spiro atoms. The van der Waals surface area contributed by atoms with Gasteiger partial charge < -0.3 is 14.2 Å². The topological polar surface area (TPSA) is 105 Å². The Morgan fingerprint density at radius 3 is 2.96 bits per heavy atom. The molecule has 2 aromatic heterocycles. The van der Waals surface area contributed by atoms with Gasteiger partial charge in [0.25, 0.3) is 5.89 Å². The summed E-state index contributed by atoms with van der Waals surface area (Å²) in [5, 5.41) is 10.6. The minimum Gasteiger partial charge on any atom is -0.459 e. The minimum atomic E-state index is -0.470. The summed E-state index contributed by atoms with van der Waals surface area (Å²) in [6.45, 7) is 5.68. The third-order valence-corrected chi connectivity index (χ3v) is 4.08. The first-order chi connectivity index (χ1) is 12.1. The van der Waals surface area contributed by atoms with E-state index in [2.05, 4.69) is 15.5 Å². The molecular formula is C16H21N5O4. The Hall–Kier alpha value is -2.68. The number of furan rings is 1. The second-order valence-electron chi connectivity index (χ2n) is 5.85. The molecule has 0 radical (unpaired) electrons. The third kappa shape index (κ3) is 3.71. The van der Waals surface area contributed by atoms with Crippen molar-refractivity contribution < 1.29 is 18.4 Å². The van der Waals surface area contributed by atoms with E-state index in [0.717, 1.165) is 6.42 Å². The van der Waals surface area contributed by atoms with Gasteiger partial charge in [-0.25, -0.2) is 4.79 Å². The van der Waals surface area contributed by atoms with Gasteiger partial charge in [0.1, 0.15) is 0 Å². The molecule has 1 aliphatic heterocycles. The van der Waals surface area contributed by atoms with Crippen LogP contribution in [0.5, 0.6) is 0 Å². The third-order valence-electron chi connectivity index (χ3n) is 4.08. The molecule has 3 rings (SSSR count). The molecule has 0 bridgehead atoms. The molecule has 25 heavy (non-hydrogen) atoms. The fourth-order valence-corrected chi connectivity index (χ4v) is 2.75. The predicted octanol–water partition coefficient (Wildman–Crippen LogP) is 1.48. The Bertz CT molecular complexity index is 727. The SMILES string of the molecule is CCCN(Cc1nnc(-c2ccco2)o1)[C@@H](C)C(=O)N1CCNC1=O. The number of carbonyl (C=O) groups is 2. The van der Waals surface area contributed by atoms with Crippen molar-refractivity contribution in [3.8, 4) is 11.7 Å². The van der Waals surface area contributed by atoms with E-state index in [1.165, 1.54) is 11.2 Å². The fourth-order valence-electron chi connectivity index (χ4n) is 2.75. The van der Waals surface area contributed by atoms with Crippen LogP contribution >= 0.6 is 0 Å². The van der Waals surface area contributed by atoms with E-state index in [1.807, 2.05) is 11.8 Å². The monoisotopic (exact) mass is 347 g/mol. The number of amides is 3. The van der Waals surface area contributed by atoms with Crippen LogP contribution in [0.25, 0.3) is 11.7 Å². The highest BCUT2D eigenvalue weighted by molar-refractivity contribution is 5.98. The molecule has 0 aliphatic carbocycles. The van der Waals surface area contributed by atoms with Crippen molar-refractivity contribution in [2.75, 3.05) is 19.6 Å². The molecule has 9 heteroatoms. The Balaban J connectivity index is 1.70. The van der Waals surface area contributed by atoms with Crippen LogP contribution in [0.15, 0.2) is 27.2 Å². The van der Waals surface area contributed by atoms with Crippen LogP contribution in [0.2, 0.25) is 0 Å². The van der Waals surface area contributed by atoms with E-state index in [0.29, 0.717) is 43.7 Å². The molecule has 2 aromatic rings. The molecule has 1 fully saturated rings. The van der Waals surface area contributed by atoms with E-state index in [9.17, 15) is 9.59 Å². The van der Waals surface area contributed by atoms with Gasteiger partial charge in [-0.3, -0.25) is 14.6 Å². The molecular weight excluding hydrogens is 326 g/mol. The number of nitrogens with one attached hydrogen (secondary N) is 1. The average Bonchev–Trinajstić information content (AvgIpc) is 3.34. The number of carbonyl (C=O) groups excluding carboxylic acids is 2. The van der Waals surface area contributed by atoms with Crippen molar-refractivity contribution in [2.45, 2.75) is 32.9 Å². The number of imide groups is 1. The summed E-state index contributed by atoms with van der Waals surface area (Å²) in [5.74, 6) is 0.965. The largest absolute Gasteiger partial charge is 0.459 e. The fraction of sp³-hybridized carbons (Fsp3) is 0.500. The van der Waals surface area contributed by atoms with E-state index in [4.69, 9.17) is 8.83 Å². The lowest BCUT2D eigenvalue weighted by atomic mass is 10.2. The summed E-state index contributed by atoms with van der Waals surface area (Å²) < 4.78 is 10.9. The minimum absolute atomic E-state index is 0.228. The number of hydrogen-bond donors (Lipinski definition) is 1. The van der Waals surface area contributed by atoms with Gasteiger partial charge in [-0.1, -0.05) is 6.92 Å². The first-order valence-corrected chi connectivity index (χ1v) is 8.29. The van der Waals surface area contributed by atoms with Crippen LogP contribution in [-0.4, -0.2) is 57.6 Å². The maximum Gasteiger partial charge on any atom is 0.324 e. The van der Waals surface area contributed by atoms with Gasteiger partial charge in [0.15, 0.2) is 5.76 Å². The number of aromatic nitrogens is 2. The second-order valence-corrected chi connectivity index (χ2v) is 5.85. The van der Waals surface area contributed by atoms with E-state index in [1.54, 1.807) is 19.1 Å². The molecule has 1 atom stereocenters. The highest BCUT2D eigenvalue weighted by atomic mass is 16.4. The van der Waals surface area contributed by atoms with E-state index >= 15 is 0 Å². The van der Waals surface area contributed by atoms with Crippen LogP contribution in [0.1, 0.15) is 26.2 Å². The van der Waals surface area contributed by atoms with Gasteiger partial charge in [0.2, 0.25) is 11.8 Å². The molecule has 1 N–H and O–H groups in total. The standard InChI is InChI=1S/C16H21N5O4/c1-3-7-20(11(2)15(22)21-8-6-17-16(21)23)10-13-18-19-14(25-13)12-5-4-9-24-12/h4-5,9,11H,3,6-8,10H2,1-2H3,(H,17,23)/t11-/m0/s1. The summed E-state index contributed by atoms with van der Waals surface area (Å²) in [6, 6.07) is 2.66. The van der Waals surface area contributed by atoms with Gasteiger partial charge in [0, 0.05) is 13.1 Å². The highest BCUT2D eigenvalue weighted by Gasteiger charge is 2.33. The summed E-state index contributed by atoms with van der Waals surface area (Å²) in [4.78, 5) is 27.5. The summed E-state index contributed by atoms with van der Waals surface area (Å²) >= 11 is 0. The van der Waals surface area contributed by atoms with Crippen molar-refractivity contribution in [3.05, 3.63) is 24.3 Å². The van der Waals surface area contributed by atoms with E-state index < -0.39 is 6.04 Å². The molecule has 0 unspecified atom stereocenters. The van der Waals surface area contributed by atoms with Crippen molar-refractivity contribution in [3.63, 3.8) is 0 Å². The quantitative estimate of drug-likeness (QED) is 0.809. The lowest BCUT2D eigenvalue weighted by molar-refractivity contribution is -0.133. The molecule has 1 saturated heterocycles. The maximum absolute atomic E-state index is 12.6. The Morgan fingerprint density at radius 1 is 1.48 bits per heavy atom. The maximum atomic E-state index is 12.6. The molecule has 0 saturated carbocycles. The first kappa shape index (κ1) is 17.2. The van der Waals surface area contributed by atoms with Crippen LogP contribution in [-0.2, 0) is 11.3 Å². The van der Waals surface area contributed by atoms with Crippen molar-refractivity contribution >= 4 is 11.9 Å². The lowest BCUT2D eigenvalue weighted by Crippen LogP contribution is -2.48. The summed E-state index contributed by atoms with van der Waals surface area (Å²) in [6.07, 6.45) is 2.38. The van der Waals surface area contributed by atoms with Crippen LogP contribution < -0.4 is 5.32 Å². The zero-order valence-corrected chi connectivity index (χ0v) is 14.3. The van der Waals surface area contributed by atoms with Crippen LogP contribution in [0, 0.1) is 0 Å². The predicted molar refractivity (Wildman–Crippen MR) is 87.3 cm³/mol. The molecule has 0 aromatic carbocycles. The first-order valence-electron chi connectivity index (χ1n) is 8.29. The van der Waals surface area contributed by atoms with Crippen molar-refractivity contribution in [1.82, 2.24) is 25.3 Å². The Morgan fingerprint density at radius 2 is 2.32 bits per heavy atom. The Labute approximate surface area is 145 Å². The molecule has 1 aliphatic rings. The number of nitrogens with zero attached hydrogens (tertiary/aromatic N) is 4. The molecule has 3 amide bonds. The smallest absolute Gasteiger partial charge is 0.324 e. The van der Waals surface area contributed by atoms with Gasteiger partial charge in [-0.2, -0.15) is 0 Å². The number of urea groups is 1. The van der Waals surface area contributed by atoms with Gasteiger partial charge in [-0.05, 0) is 32.0 Å². The summed E-state index contributed by atoms with van der Waals surface area (Å²) in [7, 11) is 0. The molecule has 3 heterocycles. The average molecular weight is 347 g/mol. The molecule has 9 nitrogen and oxygen atoms in total. The van der Waals surface area contributed by atoms with Gasteiger partial charge in [0.05, 0.1) is 18.8 Å². The van der Waals surface area contributed by atoms with Crippen molar-refractivity contribution in [1.29, 1.82) is 0 Å². The number of rotatable bonds is 7. The zero-order valence-electron chi connectivity index (χ0n) is 14.3. The van der Waals surface area contributed by atoms with Crippen LogP contribution in [0.4, 0.5) is 4.79 Å².